The first-order chi connectivity index (χ1) is 15.0. The maximum absolute atomic E-state index is 13.0. The van der Waals surface area contributed by atoms with Gasteiger partial charge in [-0.2, -0.15) is 0 Å². The molecule has 0 saturated carbocycles. The smallest absolute Gasteiger partial charge is 0.293 e. The molecule has 2 aromatic carbocycles. The summed E-state index contributed by atoms with van der Waals surface area (Å²) in [6.45, 7) is 1.69. The van der Waals surface area contributed by atoms with E-state index in [0.717, 1.165) is 22.9 Å². The van der Waals surface area contributed by atoms with Crippen LogP contribution in [-0.2, 0) is 14.8 Å². The van der Waals surface area contributed by atoms with Crippen LogP contribution in [0.25, 0.3) is 6.08 Å². The van der Waals surface area contributed by atoms with Crippen molar-refractivity contribution in [1.29, 1.82) is 0 Å². The minimum Gasteiger partial charge on any atom is -0.350 e. The molecule has 0 aromatic heterocycles. The fourth-order valence-electron chi connectivity index (χ4n) is 2.86. The van der Waals surface area contributed by atoms with E-state index in [0.29, 0.717) is 11.1 Å². The Morgan fingerprint density at radius 3 is 2.50 bits per heavy atom. The molecule has 168 valence electrons. The number of imide groups is 1. The lowest BCUT2D eigenvalue weighted by molar-refractivity contribution is -0.122. The Hall–Kier alpha value is -3.18. The van der Waals surface area contributed by atoms with E-state index in [9.17, 15) is 27.2 Å². The monoisotopic (exact) mass is 477 g/mol. The van der Waals surface area contributed by atoms with Gasteiger partial charge in [0.25, 0.3) is 17.1 Å². The summed E-state index contributed by atoms with van der Waals surface area (Å²) in [5.74, 6) is -1.37. The van der Waals surface area contributed by atoms with Crippen molar-refractivity contribution in [3.63, 3.8) is 0 Å². The first-order valence-corrected chi connectivity index (χ1v) is 12.1. The summed E-state index contributed by atoms with van der Waals surface area (Å²) in [7, 11) is -3.50. The zero-order chi connectivity index (χ0) is 23.5. The predicted molar refractivity (Wildman–Crippen MR) is 121 cm³/mol. The van der Waals surface area contributed by atoms with E-state index in [-0.39, 0.29) is 29.2 Å². The van der Waals surface area contributed by atoms with Gasteiger partial charge in [-0.3, -0.25) is 24.0 Å². The molecule has 8 nitrogen and oxygen atoms in total. The van der Waals surface area contributed by atoms with E-state index in [1.807, 2.05) is 0 Å². The highest BCUT2D eigenvalue weighted by Crippen LogP contribution is 2.31. The van der Waals surface area contributed by atoms with Crippen LogP contribution in [0.1, 0.15) is 21.5 Å². The molecule has 1 heterocycles. The van der Waals surface area contributed by atoms with Crippen LogP contribution in [0.5, 0.6) is 0 Å². The van der Waals surface area contributed by atoms with Crippen molar-refractivity contribution >= 4 is 50.6 Å². The number of rotatable bonds is 7. The Labute approximate surface area is 188 Å². The van der Waals surface area contributed by atoms with Crippen molar-refractivity contribution in [3.8, 4) is 0 Å². The van der Waals surface area contributed by atoms with E-state index < -0.39 is 32.9 Å². The Kier molecular flexibility index (Phi) is 6.99. The predicted octanol–water partition coefficient (Wildman–Crippen LogP) is 2.97. The molecular weight excluding hydrogens is 457 g/mol. The number of amides is 3. The molecule has 1 aliphatic heterocycles. The average molecular weight is 478 g/mol. The average Bonchev–Trinajstić information content (AvgIpc) is 2.97. The molecule has 0 aliphatic carbocycles. The topological polar surface area (TPSA) is 113 Å². The summed E-state index contributed by atoms with van der Waals surface area (Å²) < 4.78 is 38.3. The molecule has 2 N–H and O–H groups in total. The largest absolute Gasteiger partial charge is 0.350 e. The normalized spacial score (nSPS) is 15.3. The summed E-state index contributed by atoms with van der Waals surface area (Å²) in [5, 5.41) is 2.15. The lowest BCUT2D eigenvalue weighted by Crippen LogP contribution is -2.37. The number of benzene rings is 2. The second kappa shape index (κ2) is 9.53. The SMILES string of the molecule is Cc1ccc(C(=O)NCCN2C(=O)S/C(=C/c3ccc(F)cc3)C2=O)cc1NS(C)(=O)=O. The summed E-state index contributed by atoms with van der Waals surface area (Å²) >= 11 is 0.772. The minimum absolute atomic E-state index is 0.0173. The van der Waals surface area contributed by atoms with Crippen LogP contribution in [0, 0.1) is 12.7 Å². The number of carbonyl (C=O) groups excluding carboxylic acids is 3. The molecule has 1 saturated heterocycles. The number of halogens is 1. The molecule has 3 amide bonds. The molecule has 1 fully saturated rings. The fourth-order valence-corrected chi connectivity index (χ4v) is 4.34. The third-order valence-electron chi connectivity index (χ3n) is 4.46. The van der Waals surface area contributed by atoms with Gasteiger partial charge < -0.3 is 5.32 Å². The Bertz CT molecular complexity index is 1210. The maximum atomic E-state index is 13.0. The first kappa shape index (κ1) is 23.5. The minimum atomic E-state index is -3.50. The Balaban J connectivity index is 1.61. The summed E-state index contributed by atoms with van der Waals surface area (Å²) in [6.07, 6.45) is 2.52. The number of sulfonamides is 1. The molecule has 0 bridgehead atoms. The molecule has 0 unspecified atom stereocenters. The second-order valence-corrected chi connectivity index (χ2v) is 9.79. The van der Waals surface area contributed by atoms with Crippen molar-refractivity contribution in [2.75, 3.05) is 24.1 Å². The summed E-state index contributed by atoms with van der Waals surface area (Å²) in [6, 6.07) is 10.1. The van der Waals surface area contributed by atoms with Crippen molar-refractivity contribution in [2.24, 2.45) is 0 Å². The molecule has 1 aliphatic rings. The quantitative estimate of drug-likeness (QED) is 0.593. The summed E-state index contributed by atoms with van der Waals surface area (Å²) in [5.41, 5.74) is 1.75. The number of thioether (sulfide) groups is 1. The highest BCUT2D eigenvalue weighted by Gasteiger charge is 2.34. The van der Waals surface area contributed by atoms with Crippen LogP contribution in [0.4, 0.5) is 14.9 Å². The van der Waals surface area contributed by atoms with Crippen LogP contribution in [0.15, 0.2) is 47.4 Å². The molecule has 32 heavy (non-hydrogen) atoms. The van der Waals surface area contributed by atoms with Gasteiger partial charge in [0.2, 0.25) is 10.0 Å². The van der Waals surface area contributed by atoms with Crippen LogP contribution in [-0.4, -0.2) is 49.7 Å². The standard InChI is InChI=1S/C21H20FN3O5S2/c1-13-3-6-15(12-17(13)24-32(2,29)30)19(26)23-9-10-25-20(27)18(31-21(25)28)11-14-4-7-16(22)8-5-14/h3-8,11-12,24H,9-10H2,1-2H3,(H,23,26)/b18-11+. The Morgan fingerprint density at radius 1 is 1.16 bits per heavy atom. The number of hydrogen-bond donors (Lipinski definition) is 2. The molecule has 2 aromatic rings. The third kappa shape index (κ3) is 5.95. The number of nitrogens with one attached hydrogen (secondary N) is 2. The van der Waals surface area contributed by atoms with Gasteiger partial charge in [-0.05, 0) is 60.2 Å². The highest BCUT2D eigenvalue weighted by atomic mass is 32.2. The lowest BCUT2D eigenvalue weighted by Gasteiger charge is -2.14. The van der Waals surface area contributed by atoms with Gasteiger partial charge in [0.05, 0.1) is 16.8 Å². The Morgan fingerprint density at radius 2 is 1.84 bits per heavy atom. The number of carbonyl (C=O) groups is 3. The number of aryl methyl sites for hydroxylation is 1. The maximum Gasteiger partial charge on any atom is 0.293 e. The zero-order valence-electron chi connectivity index (χ0n) is 17.2. The van der Waals surface area contributed by atoms with Crippen LogP contribution >= 0.6 is 11.8 Å². The number of hydrogen-bond acceptors (Lipinski definition) is 6. The summed E-state index contributed by atoms with van der Waals surface area (Å²) in [4.78, 5) is 38.4. The van der Waals surface area contributed by atoms with E-state index in [1.165, 1.54) is 36.4 Å². The fraction of sp³-hybridized carbons (Fsp3) is 0.190. The third-order valence-corrected chi connectivity index (χ3v) is 5.96. The van der Waals surface area contributed by atoms with Crippen LogP contribution in [0.2, 0.25) is 0 Å². The van der Waals surface area contributed by atoms with Crippen molar-refractivity contribution in [1.82, 2.24) is 10.2 Å². The van der Waals surface area contributed by atoms with Crippen LogP contribution < -0.4 is 10.0 Å². The molecule has 0 atom stereocenters. The highest BCUT2D eigenvalue weighted by molar-refractivity contribution is 8.18. The van der Waals surface area contributed by atoms with Crippen molar-refractivity contribution < 1.29 is 27.2 Å². The molecule has 3 rings (SSSR count). The number of nitrogens with zero attached hydrogens (tertiary/aromatic N) is 1. The van der Waals surface area contributed by atoms with Gasteiger partial charge in [0.15, 0.2) is 0 Å². The molecule has 0 radical (unpaired) electrons. The van der Waals surface area contributed by atoms with Gasteiger partial charge in [-0.25, -0.2) is 12.8 Å². The van der Waals surface area contributed by atoms with Gasteiger partial charge >= 0.3 is 0 Å². The van der Waals surface area contributed by atoms with E-state index in [2.05, 4.69) is 10.0 Å². The van der Waals surface area contributed by atoms with Crippen molar-refractivity contribution in [2.45, 2.75) is 6.92 Å². The first-order valence-electron chi connectivity index (χ1n) is 9.41. The van der Waals surface area contributed by atoms with E-state index >= 15 is 0 Å². The van der Waals surface area contributed by atoms with E-state index in [1.54, 1.807) is 19.1 Å². The second-order valence-electron chi connectivity index (χ2n) is 7.04. The molecular formula is C21H20FN3O5S2. The van der Waals surface area contributed by atoms with Gasteiger partial charge in [-0.15, -0.1) is 0 Å². The van der Waals surface area contributed by atoms with Crippen molar-refractivity contribution in [3.05, 3.63) is 69.9 Å². The van der Waals surface area contributed by atoms with E-state index in [4.69, 9.17) is 0 Å². The lowest BCUT2D eigenvalue weighted by atomic mass is 10.1. The van der Waals surface area contributed by atoms with Gasteiger partial charge in [-0.1, -0.05) is 18.2 Å². The molecule has 11 heteroatoms. The van der Waals surface area contributed by atoms with Gasteiger partial charge in [0.1, 0.15) is 5.82 Å². The zero-order valence-corrected chi connectivity index (χ0v) is 18.8. The van der Waals surface area contributed by atoms with Crippen LogP contribution in [0.3, 0.4) is 0 Å². The number of anilines is 1. The van der Waals surface area contributed by atoms with Gasteiger partial charge in [0, 0.05) is 18.7 Å². The molecule has 0 spiro atoms.